The van der Waals surface area contributed by atoms with Gasteiger partial charge in [-0.3, -0.25) is 9.69 Å². The summed E-state index contributed by atoms with van der Waals surface area (Å²) >= 11 is 0. The van der Waals surface area contributed by atoms with Crippen LogP contribution < -0.4 is 10.3 Å². The maximum atomic E-state index is 13.3. The van der Waals surface area contributed by atoms with Crippen molar-refractivity contribution in [2.24, 2.45) is 0 Å². The summed E-state index contributed by atoms with van der Waals surface area (Å²) in [5, 5.41) is 13.7. The summed E-state index contributed by atoms with van der Waals surface area (Å²) < 4.78 is 13.0. The molecule has 0 saturated heterocycles. The van der Waals surface area contributed by atoms with Crippen molar-refractivity contribution in [3.05, 3.63) is 105 Å². The van der Waals surface area contributed by atoms with E-state index in [9.17, 15) is 4.79 Å². The highest BCUT2D eigenvalue weighted by Gasteiger charge is 2.27. The predicted octanol–water partition coefficient (Wildman–Crippen LogP) is 4.93. The SMILES string of the molecule is CCC(c1nnnn1Cc1ccco1)N(Cc1ccccc1OC)Cc1cc2c(C)cc(C)cc2[nH]c1=O. The molecular formula is C29H32N6O3. The molecule has 0 aliphatic heterocycles. The highest BCUT2D eigenvalue weighted by molar-refractivity contribution is 5.83. The molecule has 3 aromatic heterocycles. The fraction of sp³-hybridized carbons (Fsp3) is 0.310. The van der Waals surface area contributed by atoms with Crippen LogP contribution in [0.15, 0.2) is 70.1 Å². The van der Waals surface area contributed by atoms with Gasteiger partial charge in [0.25, 0.3) is 5.56 Å². The molecule has 38 heavy (non-hydrogen) atoms. The topological polar surface area (TPSA) is 102 Å². The van der Waals surface area contributed by atoms with Crippen molar-refractivity contribution >= 4 is 10.9 Å². The van der Waals surface area contributed by atoms with E-state index in [2.05, 4.69) is 45.3 Å². The number of ether oxygens (including phenoxy) is 1. The van der Waals surface area contributed by atoms with Crippen LogP contribution in [0.2, 0.25) is 0 Å². The normalized spacial score (nSPS) is 12.3. The number of nitrogens with zero attached hydrogens (tertiary/aromatic N) is 5. The average molecular weight is 513 g/mol. The van der Waals surface area contributed by atoms with Gasteiger partial charge in [0.1, 0.15) is 18.1 Å². The number of pyridine rings is 1. The van der Waals surface area contributed by atoms with Gasteiger partial charge < -0.3 is 14.1 Å². The largest absolute Gasteiger partial charge is 0.496 e. The zero-order chi connectivity index (χ0) is 26.6. The van der Waals surface area contributed by atoms with Gasteiger partial charge in [0, 0.05) is 35.1 Å². The summed E-state index contributed by atoms with van der Waals surface area (Å²) in [5.41, 5.74) is 4.69. The van der Waals surface area contributed by atoms with E-state index in [1.165, 1.54) is 0 Å². The summed E-state index contributed by atoms with van der Waals surface area (Å²) in [6, 6.07) is 17.7. The van der Waals surface area contributed by atoms with Gasteiger partial charge in [-0.15, -0.1) is 5.10 Å². The van der Waals surface area contributed by atoms with Crippen LogP contribution in [0.25, 0.3) is 10.9 Å². The van der Waals surface area contributed by atoms with Crippen molar-refractivity contribution in [3.63, 3.8) is 0 Å². The molecule has 0 fully saturated rings. The number of aryl methyl sites for hydroxylation is 2. The summed E-state index contributed by atoms with van der Waals surface area (Å²) in [6.45, 7) is 7.57. The lowest BCUT2D eigenvalue weighted by Gasteiger charge is -2.30. The Morgan fingerprint density at radius 3 is 2.66 bits per heavy atom. The summed E-state index contributed by atoms with van der Waals surface area (Å²) in [6.07, 6.45) is 2.37. The van der Waals surface area contributed by atoms with Gasteiger partial charge in [-0.1, -0.05) is 31.2 Å². The number of benzene rings is 2. The first-order valence-electron chi connectivity index (χ1n) is 12.7. The van der Waals surface area contributed by atoms with Crippen molar-refractivity contribution in [2.45, 2.75) is 52.9 Å². The van der Waals surface area contributed by atoms with Gasteiger partial charge in [0.2, 0.25) is 0 Å². The second kappa shape index (κ2) is 11.0. The van der Waals surface area contributed by atoms with Crippen LogP contribution in [-0.4, -0.2) is 37.2 Å². The Kier molecular flexibility index (Phi) is 7.37. The standard InChI is InChI=1S/C29H32N6O3/c1-5-26(28-31-32-33-35(28)18-23-10-8-12-38-23)34(16-21-9-6-7-11-27(21)37-4)17-22-15-24-20(3)13-19(2)14-25(24)30-29(22)36/h6-15,26H,5,16-18H2,1-4H3,(H,30,36). The molecular weight excluding hydrogens is 480 g/mol. The molecule has 196 valence electrons. The maximum absolute atomic E-state index is 13.3. The molecule has 0 spiro atoms. The lowest BCUT2D eigenvalue weighted by atomic mass is 10.0. The van der Waals surface area contributed by atoms with Crippen LogP contribution in [-0.2, 0) is 19.6 Å². The third-order valence-electron chi connectivity index (χ3n) is 6.90. The van der Waals surface area contributed by atoms with E-state index in [0.29, 0.717) is 31.0 Å². The fourth-order valence-corrected chi connectivity index (χ4v) is 5.10. The second-order valence-electron chi connectivity index (χ2n) is 9.58. The molecule has 1 N–H and O–H groups in total. The lowest BCUT2D eigenvalue weighted by molar-refractivity contribution is 0.159. The Morgan fingerprint density at radius 2 is 1.89 bits per heavy atom. The highest BCUT2D eigenvalue weighted by Crippen LogP contribution is 2.30. The van der Waals surface area contributed by atoms with E-state index in [1.54, 1.807) is 18.1 Å². The molecule has 0 saturated carbocycles. The molecule has 1 atom stereocenters. The highest BCUT2D eigenvalue weighted by atomic mass is 16.5. The smallest absolute Gasteiger partial charge is 0.252 e. The molecule has 5 rings (SSSR count). The minimum atomic E-state index is -0.168. The van der Waals surface area contributed by atoms with Crippen LogP contribution in [0.1, 0.15) is 53.2 Å². The number of aromatic nitrogens is 5. The number of rotatable bonds is 10. The number of nitrogens with one attached hydrogen (secondary N) is 1. The van der Waals surface area contributed by atoms with Crippen molar-refractivity contribution < 1.29 is 9.15 Å². The van der Waals surface area contributed by atoms with Gasteiger partial charge in [0.15, 0.2) is 5.82 Å². The fourth-order valence-electron chi connectivity index (χ4n) is 5.10. The Bertz CT molecular complexity index is 1590. The molecule has 5 aromatic rings. The van der Waals surface area contributed by atoms with E-state index in [4.69, 9.17) is 9.15 Å². The van der Waals surface area contributed by atoms with Crippen LogP contribution in [0.5, 0.6) is 5.75 Å². The van der Waals surface area contributed by atoms with E-state index in [-0.39, 0.29) is 11.6 Å². The van der Waals surface area contributed by atoms with Gasteiger partial charge in [-0.2, -0.15) is 0 Å². The van der Waals surface area contributed by atoms with Crippen molar-refractivity contribution in [1.29, 1.82) is 0 Å². The zero-order valence-corrected chi connectivity index (χ0v) is 22.1. The predicted molar refractivity (Wildman–Crippen MR) is 145 cm³/mol. The molecule has 0 bridgehead atoms. The Balaban J connectivity index is 1.56. The van der Waals surface area contributed by atoms with Crippen LogP contribution in [0, 0.1) is 13.8 Å². The molecule has 0 aliphatic rings. The van der Waals surface area contributed by atoms with Crippen LogP contribution >= 0.6 is 0 Å². The third kappa shape index (κ3) is 5.24. The van der Waals surface area contributed by atoms with E-state index in [1.807, 2.05) is 55.5 Å². The van der Waals surface area contributed by atoms with E-state index in [0.717, 1.165) is 45.5 Å². The van der Waals surface area contributed by atoms with E-state index < -0.39 is 0 Å². The van der Waals surface area contributed by atoms with Gasteiger partial charge in [-0.25, -0.2) is 4.68 Å². The van der Waals surface area contributed by atoms with Crippen LogP contribution in [0.3, 0.4) is 0 Å². The minimum Gasteiger partial charge on any atom is -0.496 e. The number of hydrogen-bond donors (Lipinski definition) is 1. The molecule has 9 nitrogen and oxygen atoms in total. The number of furan rings is 1. The molecule has 2 aromatic carbocycles. The molecule has 9 heteroatoms. The van der Waals surface area contributed by atoms with Crippen molar-refractivity contribution in [3.8, 4) is 5.75 Å². The van der Waals surface area contributed by atoms with Gasteiger partial charge in [0.05, 0.1) is 19.4 Å². The number of aromatic amines is 1. The second-order valence-corrected chi connectivity index (χ2v) is 9.58. The first kappa shape index (κ1) is 25.4. The van der Waals surface area contributed by atoms with Crippen LogP contribution in [0.4, 0.5) is 0 Å². The summed E-state index contributed by atoms with van der Waals surface area (Å²) in [7, 11) is 1.67. The van der Waals surface area contributed by atoms with Gasteiger partial charge >= 0.3 is 0 Å². The maximum Gasteiger partial charge on any atom is 0.252 e. The number of hydrogen-bond acceptors (Lipinski definition) is 7. The Hall–Kier alpha value is -4.24. The summed E-state index contributed by atoms with van der Waals surface area (Å²) in [5.74, 6) is 2.27. The Labute approximate surface area is 221 Å². The quantitative estimate of drug-likeness (QED) is 0.283. The minimum absolute atomic E-state index is 0.0995. The van der Waals surface area contributed by atoms with E-state index >= 15 is 0 Å². The average Bonchev–Trinajstić information content (AvgIpc) is 3.58. The molecule has 3 heterocycles. The zero-order valence-electron chi connectivity index (χ0n) is 22.1. The lowest BCUT2D eigenvalue weighted by Crippen LogP contribution is -2.32. The summed E-state index contributed by atoms with van der Waals surface area (Å²) in [4.78, 5) is 18.6. The number of methoxy groups -OCH3 is 1. The number of tetrazole rings is 1. The number of H-pyrrole nitrogens is 1. The monoisotopic (exact) mass is 512 g/mol. The molecule has 0 amide bonds. The number of para-hydroxylation sites is 1. The number of fused-ring (bicyclic) bond motifs is 1. The van der Waals surface area contributed by atoms with Crippen molar-refractivity contribution in [2.75, 3.05) is 7.11 Å². The molecule has 0 radical (unpaired) electrons. The molecule has 0 aliphatic carbocycles. The molecule has 1 unspecified atom stereocenters. The Morgan fingerprint density at radius 1 is 1.08 bits per heavy atom. The first-order valence-corrected chi connectivity index (χ1v) is 12.7. The van der Waals surface area contributed by atoms with Crippen molar-refractivity contribution in [1.82, 2.24) is 30.1 Å². The van der Waals surface area contributed by atoms with Gasteiger partial charge in [-0.05, 0) is 72.2 Å². The first-order chi connectivity index (χ1) is 18.5. The third-order valence-corrected chi connectivity index (χ3v) is 6.90.